The maximum absolute atomic E-state index is 13.3. The standard InChI is InChI=1S/C21H23F3N2O6/c1-2-14(28)20(31)26(10-21(22,23)24)13-9-12(19(30)25-7-8-27)16-11-5-3-4-6-15(11)32-18(16)17(13)29/h3-6,9,13,16-18,27,29H,2,7-8,10H2,1H3,(H,25,30). The molecule has 1 aromatic carbocycles. The van der Waals surface area contributed by atoms with Crippen molar-refractivity contribution in [2.45, 2.75) is 43.7 Å². The molecular weight excluding hydrogens is 433 g/mol. The minimum Gasteiger partial charge on any atom is -0.486 e. The van der Waals surface area contributed by atoms with E-state index in [9.17, 15) is 32.7 Å². The number of halogens is 3. The minimum atomic E-state index is -4.85. The highest BCUT2D eigenvalue weighted by Gasteiger charge is 2.52. The molecule has 0 saturated heterocycles. The lowest BCUT2D eigenvalue weighted by atomic mass is 9.77. The second-order valence-electron chi connectivity index (χ2n) is 7.51. The molecule has 2 aliphatic rings. The van der Waals surface area contributed by atoms with Crippen LogP contribution in [0.2, 0.25) is 0 Å². The van der Waals surface area contributed by atoms with Crippen molar-refractivity contribution in [3.05, 3.63) is 41.5 Å². The molecule has 0 aromatic heterocycles. The molecule has 4 unspecified atom stereocenters. The number of fused-ring (bicyclic) bond motifs is 3. The van der Waals surface area contributed by atoms with Gasteiger partial charge >= 0.3 is 6.18 Å². The maximum Gasteiger partial charge on any atom is 0.406 e. The van der Waals surface area contributed by atoms with Gasteiger partial charge in [-0.05, 0) is 12.1 Å². The van der Waals surface area contributed by atoms with E-state index in [0.29, 0.717) is 11.3 Å². The predicted molar refractivity (Wildman–Crippen MR) is 105 cm³/mol. The van der Waals surface area contributed by atoms with Crippen molar-refractivity contribution in [2.24, 2.45) is 0 Å². The minimum absolute atomic E-state index is 0.0207. The molecule has 0 bridgehead atoms. The van der Waals surface area contributed by atoms with Crippen LogP contribution in [0.1, 0.15) is 24.8 Å². The molecule has 0 saturated carbocycles. The number of hydrogen-bond acceptors (Lipinski definition) is 6. The molecule has 174 valence electrons. The Hall–Kier alpha value is -2.92. The number of nitrogens with one attached hydrogen (secondary N) is 1. The lowest BCUT2D eigenvalue weighted by Gasteiger charge is -2.40. The van der Waals surface area contributed by atoms with Gasteiger partial charge in [0.15, 0.2) is 0 Å². The summed E-state index contributed by atoms with van der Waals surface area (Å²) in [6.45, 7) is -0.927. The van der Waals surface area contributed by atoms with Crippen molar-refractivity contribution >= 4 is 17.6 Å². The van der Waals surface area contributed by atoms with Crippen molar-refractivity contribution in [1.82, 2.24) is 10.2 Å². The Morgan fingerprint density at radius 1 is 1.22 bits per heavy atom. The van der Waals surface area contributed by atoms with Crippen LogP contribution in [-0.4, -0.2) is 76.8 Å². The molecule has 1 heterocycles. The molecule has 1 aromatic rings. The van der Waals surface area contributed by atoms with Gasteiger partial charge in [0.1, 0.15) is 24.5 Å². The highest BCUT2D eigenvalue weighted by molar-refractivity contribution is 6.36. The summed E-state index contributed by atoms with van der Waals surface area (Å²) in [6.07, 6.45) is -6.89. The van der Waals surface area contributed by atoms with E-state index in [2.05, 4.69) is 5.32 Å². The number of aliphatic hydroxyl groups excluding tert-OH is 2. The number of ether oxygens (including phenoxy) is 1. The van der Waals surface area contributed by atoms with Crippen LogP contribution in [0.25, 0.3) is 0 Å². The SMILES string of the molecule is CCC(=O)C(=O)N(CC(F)(F)F)C1C=C(C(=O)NCCO)C2c3ccccc3OC2C1O. The van der Waals surface area contributed by atoms with Crippen LogP contribution in [0, 0.1) is 0 Å². The van der Waals surface area contributed by atoms with E-state index in [1.807, 2.05) is 0 Å². The van der Waals surface area contributed by atoms with E-state index >= 15 is 0 Å². The lowest BCUT2D eigenvalue weighted by molar-refractivity contribution is -0.172. The number of rotatable bonds is 7. The molecule has 0 spiro atoms. The monoisotopic (exact) mass is 456 g/mol. The molecule has 1 aliphatic carbocycles. The van der Waals surface area contributed by atoms with Gasteiger partial charge in [0.05, 0.1) is 18.6 Å². The Morgan fingerprint density at radius 3 is 2.53 bits per heavy atom. The van der Waals surface area contributed by atoms with Gasteiger partial charge in [-0.15, -0.1) is 0 Å². The molecule has 1 aliphatic heterocycles. The highest BCUT2D eigenvalue weighted by atomic mass is 19.4. The topological polar surface area (TPSA) is 116 Å². The van der Waals surface area contributed by atoms with Gasteiger partial charge in [-0.25, -0.2) is 0 Å². The first-order valence-electron chi connectivity index (χ1n) is 10.0. The molecule has 4 atom stereocenters. The summed E-state index contributed by atoms with van der Waals surface area (Å²) in [7, 11) is 0. The van der Waals surface area contributed by atoms with Crippen LogP contribution < -0.4 is 10.1 Å². The van der Waals surface area contributed by atoms with E-state index in [1.165, 1.54) is 6.92 Å². The van der Waals surface area contributed by atoms with Crippen molar-refractivity contribution in [3.8, 4) is 5.75 Å². The molecule has 2 amide bonds. The van der Waals surface area contributed by atoms with Crippen LogP contribution in [0.15, 0.2) is 35.9 Å². The van der Waals surface area contributed by atoms with Gasteiger partial charge in [-0.2, -0.15) is 13.2 Å². The number of para-hydroxylation sites is 1. The molecule has 3 rings (SSSR count). The van der Waals surface area contributed by atoms with Crippen LogP contribution in [0.3, 0.4) is 0 Å². The third-order valence-corrected chi connectivity index (χ3v) is 5.41. The Bertz CT molecular complexity index is 932. The molecule has 32 heavy (non-hydrogen) atoms. The molecule has 11 heteroatoms. The van der Waals surface area contributed by atoms with E-state index in [4.69, 9.17) is 9.84 Å². The Balaban J connectivity index is 2.09. The van der Waals surface area contributed by atoms with Crippen LogP contribution in [0.4, 0.5) is 13.2 Å². The lowest BCUT2D eigenvalue weighted by Crippen LogP contribution is -2.58. The second-order valence-corrected chi connectivity index (χ2v) is 7.51. The third-order valence-electron chi connectivity index (χ3n) is 5.41. The zero-order chi connectivity index (χ0) is 23.6. The van der Waals surface area contributed by atoms with E-state index in [-0.39, 0.29) is 30.0 Å². The van der Waals surface area contributed by atoms with Crippen molar-refractivity contribution in [2.75, 3.05) is 19.7 Å². The first-order chi connectivity index (χ1) is 15.1. The number of carbonyl (C=O) groups excluding carboxylic acids is 3. The largest absolute Gasteiger partial charge is 0.486 e. The predicted octanol–water partition coefficient (Wildman–Crippen LogP) is 0.679. The summed E-state index contributed by atoms with van der Waals surface area (Å²) in [4.78, 5) is 37.5. The van der Waals surface area contributed by atoms with E-state index in [1.54, 1.807) is 24.3 Å². The summed E-state index contributed by atoms with van der Waals surface area (Å²) in [5.74, 6) is -3.61. The number of carbonyl (C=O) groups is 3. The van der Waals surface area contributed by atoms with Crippen molar-refractivity contribution in [1.29, 1.82) is 0 Å². The molecule has 0 radical (unpaired) electrons. The quantitative estimate of drug-likeness (QED) is 0.520. The number of aliphatic hydroxyl groups is 2. The summed E-state index contributed by atoms with van der Waals surface area (Å²) in [5.41, 5.74) is 0.534. The first kappa shape index (κ1) is 23.7. The number of alkyl halides is 3. The number of ketones is 1. The summed E-state index contributed by atoms with van der Waals surface area (Å²) in [6, 6.07) is 4.97. The number of hydrogen-bond donors (Lipinski definition) is 3. The normalized spacial score (nSPS) is 24.0. The smallest absolute Gasteiger partial charge is 0.406 e. The summed E-state index contributed by atoms with van der Waals surface area (Å²) in [5, 5.41) is 22.4. The molecular formula is C21H23F3N2O6. The highest BCUT2D eigenvalue weighted by Crippen LogP contribution is 2.47. The first-order valence-corrected chi connectivity index (χ1v) is 10.0. The van der Waals surface area contributed by atoms with Gasteiger partial charge in [-0.3, -0.25) is 14.4 Å². The van der Waals surface area contributed by atoms with Crippen LogP contribution in [-0.2, 0) is 14.4 Å². The second kappa shape index (κ2) is 9.29. The molecule has 0 fully saturated rings. The number of Topliss-reactive ketones (excluding diaryl/α,β-unsaturated/α-hetero) is 1. The Morgan fingerprint density at radius 2 is 1.91 bits per heavy atom. The van der Waals surface area contributed by atoms with E-state index in [0.717, 1.165) is 6.08 Å². The van der Waals surface area contributed by atoms with Gasteiger partial charge in [-0.1, -0.05) is 25.1 Å². The number of amides is 2. The van der Waals surface area contributed by atoms with Crippen LogP contribution in [0.5, 0.6) is 5.75 Å². The third kappa shape index (κ3) is 4.63. The average molecular weight is 456 g/mol. The molecule has 8 nitrogen and oxygen atoms in total. The fraction of sp³-hybridized carbons (Fsp3) is 0.476. The van der Waals surface area contributed by atoms with E-state index < -0.39 is 54.5 Å². The summed E-state index contributed by atoms with van der Waals surface area (Å²) >= 11 is 0. The van der Waals surface area contributed by atoms with Crippen molar-refractivity contribution in [3.63, 3.8) is 0 Å². The fourth-order valence-electron chi connectivity index (χ4n) is 4.01. The zero-order valence-corrected chi connectivity index (χ0v) is 17.1. The van der Waals surface area contributed by atoms with Gasteiger partial charge in [0.25, 0.3) is 5.91 Å². The average Bonchev–Trinajstić information content (AvgIpc) is 3.15. The van der Waals surface area contributed by atoms with Crippen LogP contribution >= 0.6 is 0 Å². The number of nitrogens with zero attached hydrogens (tertiary/aromatic N) is 1. The van der Waals surface area contributed by atoms with Crippen molar-refractivity contribution < 1.29 is 42.5 Å². The van der Waals surface area contributed by atoms with Gasteiger partial charge in [0.2, 0.25) is 11.7 Å². The van der Waals surface area contributed by atoms with Gasteiger partial charge in [0, 0.05) is 24.1 Å². The number of benzene rings is 1. The molecule has 3 N–H and O–H groups in total. The zero-order valence-electron chi connectivity index (χ0n) is 17.1. The Labute approximate surface area is 181 Å². The maximum atomic E-state index is 13.3. The summed E-state index contributed by atoms with van der Waals surface area (Å²) < 4.78 is 45.6. The Kier molecular flexibility index (Phi) is 6.89. The fourth-order valence-corrected chi connectivity index (χ4v) is 4.01. The van der Waals surface area contributed by atoms with Gasteiger partial charge < -0.3 is 25.2 Å².